The van der Waals surface area contributed by atoms with E-state index in [2.05, 4.69) is 5.10 Å². The second-order valence-electron chi connectivity index (χ2n) is 9.45. The molecule has 0 spiro atoms. The molecule has 0 N–H and O–H groups in total. The minimum atomic E-state index is -4.77. The van der Waals surface area contributed by atoms with Gasteiger partial charge in [0.15, 0.2) is 15.5 Å². The van der Waals surface area contributed by atoms with Crippen molar-refractivity contribution < 1.29 is 44.3 Å². The van der Waals surface area contributed by atoms with Gasteiger partial charge < -0.3 is 9.64 Å². The fraction of sp³-hybridized carbons (Fsp3) is 0.565. The zero-order chi connectivity index (χ0) is 27.2. The first-order valence-corrected chi connectivity index (χ1v) is 13.1. The van der Waals surface area contributed by atoms with Crippen LogP contribution in [0.15, 0.2) is 35.2 Å². The van der Waals surface area contributed by atoms with Crippen LogP contribution in [-0.2, 0) is 38.3 Å². The Labute approximate surface area is 209 Å². The molecule has 1 amide bonds. The van der Waals surface area contributed by atoms with Gasteiger partial charge >= 0.3 is 12.4 Å². The second-order valence-corrected chi connectivity index (χ2v) is 11.9. The van der Waals surface area contributed by atoms with Crippen LogP contribution in [-0.4, -0.2) is 53.4 Å². The Morgan fingerprint density at radius 1 is 1.11 bits per heavy atom. The number of hydrogen-bond donors (Lipinski definition) is 0. The molecule has 2 aliphatic rings. The molecule has 2 atom stereocenters. The highest BCUT2D eigenvalue weighted by Gasteiger charge is 2.47. The maximum absolute atomic E-state index is 13.5. The van der Waals surface area contributed by atoms with Gasteiger partial charge in [-0.15, -0.1) is 0 Å². The van der Waals surface area contributed by atoms with Gasteiger partial charge in [0, 0.05) is 26.1 Å². The lowest BCUT2D eigenvalue weighted by Crippen LogP contribution is -2.42. The number of alkyl halides is 6. The molecule has 4 rings (SSSR count). The van der Waals surface area contributed by atoms with Crippen LogP contribution in [0.2, 0.25) is 0 Å². The molecule has 0 saturated carbocycles. The van der Waals surface area contributed by atoms with Crippen LogP contribution in [0.1, 0.15) is 55.7 Å². The average Bonchev–Trinajstić information content (AvgIpc) is 3.43. The summed E-state index contributed by atoms with van der Waals surface area (Å²) in [5.74, 6) is -0.113. The molecule has 2 unspecified atom stereocenters. The predicted molar refractivity (Wildman–Crippen MR) is 118 cm³/mol. The van der Waals surface area contributed by atoms with E-state index in [0.29, 0.717) is 25.5 Å². The summed E-state index contributed by atoms with van der Waals surface area (Å²) in [7, 11) is -4.34. The van der Waals surface area contributed by atoms with Gasteiger partial charge in [-0.25, -0.2) is 8.42 Å². The van der Waals surface area contributed by atoms with Gasteiger partial charge in [0.1, 0.15) is 6.10 Å². The molecule has 1 aromatic carbocycles. The zero-order valence-corrected chi connectivity index (χ0v) is 20.6. The fourth-order valence-electron chi connectivity index (χ4n) is 4.69. The molecule has 2 aliphatic heterocycles. The Hall–Kier alpha value is -2.61. The first-order valence-electron chi connectivity index (χ1n) is 11.6. The molecule has 0 aliphatic carbocycles. The van der Waals surface area contributed by atoms with E-state index in [1.807, 2.05) is 0 Å². The van der Waals surface area contributed by atoms with Gasteiger partial charge in [-0.2, -0.15) is 31.4 Å². The van der Waals surface area contributed by atoms with Gasteiger partial charge in [0.05, 0.1) is 27.4 Å². The zero-order valence-electron chi connectivity index (χ0n) is 19.8. The molecule has 3 heterocycles. The number of nitrogens with zero attached hydrogens (tertiary/aromatic N) is 3. The average molecular weight is 554 g/mol. The van der Waals surface area contributed by atoms with E-state index in [1.165, 1.54) is 11.8 Å². The van der Waals surface area contributed by atoms with Crippen molar-refractivity contribution >= 4 is 15.7 Å². The third-order valence-electron chi connectivity index (χ3n) is 6.87. The Morgan fingerprint density at radius 2 is 1.84 bits per heavy atom. The molecule has 0 radical (unpaired) electrons. The monoisotopic (exact) mass is 553 g/mol. The van der Waals surface area contributed by atoms with Crippen LogP contribution >= 0.6 is 0 Å². The first kappa shape index (κ1) is 27.4. The number of benzene rings is 1. The largest absolute Gasteiger partial charge is 0.435 e. The Balaban J connectivity index is 1.64. The van der Waals surface area contributed by atoms with E-state index in [9.17, 15) is 39.6 Å². The van der Waals surface area contributed by atoms with Crippen molar-refractivity contribution in [3.63, 3.8) is 0 Å². The molecule has 1 aromatic heterocycles. The van der Waals surface area contributed by atoms with Gasteiger partial charge in [-0.3, -0.25) is 9.48 Å². The molecule has 2 fully saturated rings. The first-order chi connectivity index (χ1) is 17.1. The van der Waals surface area contributed by atoms with E-state index in [1.54, 1.807) is 0 Å². The van der Waals surface area contributed by atoms with Crippen molar-refractivity contribution in [3.8, 4) is 0 Å². The topological polar surface area (TPSA) is 81.5 Å². The highest BCUT2D eigenvalue weighted by atomic mass is 32.2. The van der Waals surface area contributed by atoms with Crippen LogP contribution in [0.5, 0.6) is 0 Å². The molecular formula is C23H25F6N3O4S. The van der Waals surface area contributed by atoms with E-state index in [4.69, 9.17) is 4.74 Å². The number of carbonyl (C=O) groups excluding carboxylic acids is 1. The van der Waals surface area contributed by atoms with Crippen molar-refractivity contribution in [1.82, 2.24) is 14.7 Å². The van der Waals surface area contributed by atoms with Crippen LogP contribution < -0.4 is 0 Å². The smallest absolute Gasteiger partial charge is 0.372 e. The summed E-state index contributed by atoms with van der Waals surface area (Å²) in [4.78, 5) is 12.9. The van der Waals surface area contributed by atoms with Crippen molar-refractivity contribution in [2.45, 2.75) is 67.3 Å². The maximum atomic E-state index is 13.5. The molecule has 0 bridgehead atoms. The molecule has 7 nitrogen and oxygen atoms in total. The molecule has 2 aromatic rings. The third kappa shape index (κ3) is 5.49. The highest BCUT2D eigenvalue weighted by molar-refractivity contribution is 7.92. The number of carbonyl (C=O) groups is 1. The summed E-state index contributed by atoms with van der Waals surface area (Å²) < 4.78 is 112. The maximum Gasteiger partial charge on any atom is 0.435 e. The van der Waals surface area contributed by atoms with Gasteiger partial charge in [-0.1, -0.05) is 6.07 Å². The van der Waals surface area contributed by atoms with Gasteiger partial charge in [0.2, 0.25) is 5.91 Å². The number of halogens is 6. The molecule has 37 heavy (non-hydrogen) atoms. The molecule has 14 heteroatoms. The van der Waals surface area contributed by atoms with Gasteiger partial charge in [0.25, 0.3) is 0 Å². The summed E-state index contributed by atoms with van der Waals surface area (Å²) in [5.41, 5.74) is -2.32. The molecule has 2 saturated heterocycles. The van der Waals surface area contributed by atoms with Crippen molar-refractivity contribution in [3.05, 3.63) is 47.3 Å². The normalized spacial score (nSPS) is 23.6. The van der Waals surface area contributed by atoms with Crippen LogP contribution in [0, 0.1) is 0 Å². The predicted octanol–water partition coefficient (Wildman–Crippen LogP) is 4.63. The minimum absolute atomic E-state index is 0.0101. The Bertz CT molecular complexity index is 1270. The Morgan fingerprint density at radius 3 is 2.46 bits per heavy atom. The number of ether oxygens (including phenoxy) is 1. The number of hydrogen-bond acceptors (Lipinski definition) is 5. The van der Waals surface area contributed by atoms with E-state index < -0.39 is 49.2 Å². The van der Waals surface area contributed by atoms with Crippen molar-refractivity contribution in [1.29, 1.82) is 0 Å². The summed E-state index contributed by atoms with van der Waals surface area (Å²) >= 11 is 0. The lowest BCUT2D eigenvalue weighted by Gasteiger charge is -2.38. The fourth-order valence-corrected chi connectivity index (χ4v) is 6.52. The van der Waals surface area contributed by atoms with Crippen LogP contribution in [0.25, 0.3) is 0 Å². The number of rotatable bonds is 6. The van der Waals surface area contributed by atoms with E-state index in [0.717, 1.165) is 28.9 Å². The van der Waals surface area contributed by atoms with E-state index >= 15 is 0 Å². The van der Waals surface area contributed by atoms with E-state index in [-0.39, 0.29) is 44.1 Å². The summed E-state index contributed by atoms with van der Waals surface area (Å²) in [6.07, 6.45) is -9.99. The SMILES string of the molecule is CC1(S(=O)(=O)c2cccc(C(F)(F)F)c2)CCOC(c2cc(C(F)(F)F)nn2CCN2CCCC2=O)C1. The number of amides is 1. The van der Waals surface area contributed by atoms with Crippen molar-refractivity contribution in [2.24, 2.45) is 0 Å². The molecular weight excluding hydrogens is 528 g/mol. The number of likely N-dealkylation sites (tertiary alicyclic amines) is 1. The standard InChI is InChI=1S/C23H25F6N3O4S/c1-21(37(34,35)16-5-2-4-15(12-16)22(24,25)26)7-11-36-18(14-21)17-13-19(23(27,28)29)30-32(17)10-9-31-8-3-6-20(31)33/h2,4-5,12-13,18H,3,6-11,14H2,1H3. The van der Waals surface area contributed by atoms with Crippen LogP contribution in [0.3, 0.4) is 0 Å². The lowest BCUT2D eigenvalue weighted by molar-refractivity contribution is -0.141. The molecule has 204 valence electrons. The number of sulfone groups is 1. The Kier molecular flexibility index (Phi) is 7.12. The summed E-state index contributed by atoms with van der Waals surface area (Å²) in [5, 5.41) is 3.65. The lowest BCUT2D eigenvalue weighted by atomic mass is 9.94. The summed E-state index contributed by atoms with van der Waals surface area (Å²) in [6.45, 7) is 1.75. The summed E-state index contributed by atoms with van der Waals surface area (Å²) in [6, 6.07) is 4.18. The quantitative estimate of drug-likeness (QED) is 0.488. The number of aromatic nitrogens is 2. The van der Waals surface area contributed by atoms with Crippen LogP contribution in [0.4, 0.5) is 26.3 Å². The minimum Gasteiger partial charge on any atom is -0.372 e. The van der Waals surface area contributed by atoms with Gasteiger partial charge in [-0.05, 0) is 50.5 Å². The highest BCUT2D eigenvalue weighted by Crippen LogP contribution is 2.43. The second kappa shape index (κ2) is 9.61. The third-order valence-corrected chi connectivity index (χ3v) is 9.41. The van der Waals surface area contributed by atoms with Crippen molar-refractivity contribution in [2.75, 3.05) is 19.7 Å².